The molecule has 0 radical (unpaired) electrons. The Balaban J connectivity index is 2.07. The van der Waals surface area contributed by atoms with Crippen LogP contribution in [0.25, 0.3) is 11.0 Å². The second-order valence-electron chi connectivity index (χ2n) is 4.05. The standard InChI is InChI=1S/C13H13N3/c1-2-6-14-11(3-1)10-4-5-12-13(9-10)16-8-7-15-12/h4-5,7-9H,1-3,6H2. The van der Waals surface area contributed by atoms with Gasteiger partial charge in [0.25, 0.3) is 0 Å². The molecule has 0 fully saturated rings. The molecule has 2 heterocycles. The van der Waals surface area contributed by atoms with E-state index in [4.69, 9.17) is 0 Å². The molecule has 3 nitrogen and oxygen atoms in total. The van der Waals surface area contributed by atoms with Crippen LogP contribution in [-0.4, -0.2) is 22.2 Å². The molecule has 0 spiro atoms. The number of rotatable bonds is 1. The number of aliphatic imine (C=N–C) groups is 1. The van der Waals surface area contributed by atoms with Crippen LogP contribution >= 0.6 is 0 Å². The maximum Gasteiger partial charge on any atom is 0.0893 e. The molecular weight excluding hydrogens is 198 g/mol. The van der Waals surface area contributed by atoms with Gasteiger partial charge in [-0.15, -0.1) is 0 Å². The van der Waals surface area contributed by atoms with E-state index in [1.807, 2.05) is 6.07 Å². The van der Waals surface area contributed by atoms with Crippen LogP contribution in [0.2, 0.25) is 0 Å². The van der Waals surface area contributed by atoms with E-state index in [0.29, 0.717) is 0 Å². The summed E-state index contributed by atoms with van der Waals surface area (Å²) in [4.78, 5) is 13.2. The molecule has 0 bridgehead atoms. The second kappa shape index (κ2) is 4.00. The minimum Gasteiger partial charge on any atom is -0.289 e. The molecule has 0 N–H and O–H groups in total. The number of nitrogens with zero attached hydrogens (tertiary/aromatic N) is 3. The molecule has 16 heavy (non-hydrogen) atoms. The lowest BCUT2D eigenvalue weighted by Gasteiger charge is -2.11. The summed E-state index contributed by atoms with van der Waals surface area (Å²) in [6.07, 6.45) is 7.01. The Bertz CT molecular complexity index is 546. The molecule has 0 unspecified atom stereocenters. The molecule has 1 aliphatic heterocycles. The van der Waals surface area contributed by atoms with Crippen LogP contribution < -0.4 is 0 Å². The SMILES string of the molecule is c1cnc2cc(C3=NCCCC3)ccc2n1. The van der Waals surface area contributed by atoms with E-state index in [9.17, 15) is 0 Å². The molecular formula is C13H13N3. The number of hydrogen-bond acceptors (Lipinski definition) is 3. The monoisotopic (exact) mass is 211 g/mol. The zero-order valence-corrected chi connectivity index (χ0v) is 9.06. The van der Waals surface area contributed by atoms with Gasteiger partial charge in [-0.25, -0.2) is 0 Å². The fourth-order valence-electron chi connectivity index (χ4n) is 2.08. The summed E-state index contributed by atoms with van der Waals surface area (Å²) in [6.45, 7) is 0.966. The zero-order chi connectivity index (χ0) is 10.8. The van der Waals surface area contributed by atoms with E-state index in [1.165, 1.54) is 24.1 Å². The van der Waals surface area contributed by atoms with E-state index < -0.39 is 0 Å². The zero-order valence-electron chi connectivity index (χ0n) is 9.06. The van der Waals surface area contributed by atoms with Crippen molar-refractivity contribution in [2.24, 2.45) is 4.99 Å². The summed E-state index contributed by atoms with van der Waals surface area (Å²) in [6, 6.07) is 6.21. The predicted molar refractivity (Wildman–Crippen MR) is 64.8 cm³/mol. The first-order chi connectivity index (χ1) is 7.93. The average molecular weight is 211 g/mol. The first-order valence-corrected chi connectivity index (χ1v) is 5.68. The smallest absolute Gasteiger partial charge is 0.0893 e. The van der Waals surface area contributed by atoms with Crippen LogP contribution in [0, 0.1) is 0 Å². The van der Waals surface area contributed by atoms with Gasteiger partial charge in [0.1, 0.15) is 0 Å². The molecule has 0 saturated carbocycles. The Hall–Kier alpha value is -1.77. The highest BCUT2D eigenvalue weighted by Gasteiger charge is 2.08. The van der Waals surface area contributed by atoms with Gasteiger partial charge < -0.3 is 0 Å². The largest absolute Gasteiger partial charge is 0.289 e. The summed E-state index contributed by atoms with van der Waals surface area (Å²) in [5, 5.41) is 0. The Kier molecular flexibility index (Phi) is 2.37. The van der Waals surface area contributed by atoms with E-state index >= 15 is 0 Å². The number of aromatic nitrogens is 2. The quantitative estimate of drug-likeness (QED) is 0.727. The van der Waals surface area contributed by atoms with Crippen molar-refractivity contribution in [3.05, 3.63) is 36.2 Å². The first-order valence-electron chi connectivity index (χ1n) is 5.68. The van der Waals surface area contributed by atoms with Crippen LogP contribution in [0.5, 0.6) is 0 Å². The summed E-state index contributed by atoms with van der Waals surface area (Å²) in [5.74, 6) is 0. The average Bonchev–Trinajstić information content (AvgIpc) is 2.39. The Labute approximate surface area is 94.3 Å². The Morgan fingerprint density at radius 1 is 0.938 bits per heavy atom. The highest BCUT2D eigenvalue weighted by Crippen LogP contribution is 2.17. The summed E-state index contributed by atoms with van der Waals surface area (Å²) < 4.78 is 0. The van der Waals surface area contributed by atoms with Gasteiger partial charge in [0.2, 0.25) is 0 Å². The van der Waals surface area contributed by atoms with Crippen LogP contribution in [0.4, 0.5) is 0 Å². The molecule has 1 aromatic heterocycles. The summed E-state index contributed by atoms with van der Waals surface area (Å²) in [7, 11) is 0. The van der Waals surface area contributed by atoms with Crippen molar-refractivity contribution in [2.75, 3.05) is 6.54 Å². The lowest BCUT2D eigenvalue weighted by molar-refractivity contribution is 0.738. The molecule has 0 amide bonds. The fraction of sp³-hybridized carbons (Fsp3) is 0.308. The van der Waals surface area contributed by atoms with E-state index in [1.54, 1.807) is 12.4 Å². The summed E-state index contributed by atoms with van der Waals surface area (Å²) >= 11 is 0. The molecule has 1 aliphatic rings. The molecule has 3 heteroatoms. The third kappa shape index (κ3) is 1.69. The summed E-state index contributed by atoms with van der Waals surface area (Å²) in [5.41, 5.74) is 4.32. The maximum absolute atomic E-state index is 4.57. The van der Waals surface area contributed by atoms with Gasteiger partial charge in [0, 0.05) is 24.7 Å². The van der Waals surface area contributed by atoms with Crippen molar-refractivity contribution >= 4 is 16.7 Å². The minimum atomic E-state index is 0.947. The van der Waals surface area contributed by atoms with Crippen molar-refractivity contribution in [2.45, 2.75) is 19.3 Å². The topological polar surface area (TPSA) is 38.1 Å². The van der Waals surface area contributed by atoms with Gasteiger partial charge in [-0.1, -0.05) is 6.07 Å². The Morgan fingerprint density at radius 3 is 2.62 bits per heavy atom. The number of benzene rings is 1. The van der Waals surface area contributed by atoms with Crippen LogP contribution in [0.15, 0.2) is 35.6 Å². The van der Waals surface area contributed by atoms with Crippen molar-refractivity contribution in [3.8, 4) is 0 Å². The molecule has 0 atom stereocenters. The third-order valence-corrected chi connectivity index (χ3v) is 2.93. The lowest BCUT2D eigenvalue weighted by Crippen LogP contribution is -2.07. The third-order valence-electron chi connectivity index (χ3n) is 2.93. The van der Waals surface area contributed by atoms with Gasteiger partial charge in [-0.05, 0) is 37.0 Å². The van der Waals surface area contributed by atoms with Crippen LogP contribution in [0.3, 0.4) is 0 Å². The fourth-order valence-corrected chi connectivity index (χ4v) is 2.08. The van der Waals surface area contributed by atoms with Crippen LogP contribution in [0.1, 0.15) is 24.8 Å². The predicted octanol–water partition coefficient (Wildman–Crippen LogP) is 2.60. The van der Waals surface area contributed by atoms with Crippen molar-refractivity contribution < 1.29 is 0 Å². The van der Waals surface area contributed by atoms with Crippen LogP contribution in [-0.2, 0) is 0 Å². The van der Waals surface area contributed by atoms with Crippen molar-refractivity contribution in [3.63, 3.8) is 0 Å². The molecule has 3 rings (SSSR count). The van der Waals surface area contributed by atoms with E-state index in [0.717, 1.165) is 24.0 Å². The van der Waals surface area contributed by atoms with Gasteiger partial charge >= 0.3 is 0 Å². The maximum atomic E-state index is 4.57. The number of fused-ring (bicyclic) bond motifs is 1. The lowest BCUT2D eigenvalue weighted by atomic mass is 10.0. The second-order valence-corrected chi connectivity index (χ2v) is 4.05. The highest BCUT2D eigenvalue weighted by atomic mass is 14.8. The van der Waals surface area contributed by atoms with E-state index in [-0.39, 0.29) is 0 Å². The van der Waals surface area contributed by atoms with Crippen molar-refractivity contribution in [1.29, 1.82) is 0 Å². The van der Waals surface area contributed by atoms with Gasteiger partial charge in [-0.2, -0.15) is 0 Å². The molecule has 1 aromatic carbocycles. The molecule has 0 saturated heterocycles. The molecule has 80 valence electrons. The molecule has 0 aliphatic carbocycles. The molecule has 2 aromatic rings. The van der Waals surface area contributed by atoms with E-state index in [2.05, 4.69) is 27.1 Å². The van der Waals surface area contributed by atoms with Crippen molar-refractivity contribution in [1.82, 2.24) is 9.97 Å². The highest BCUT2D eigenvalue weighted by molar-refractivity contribution is 6.02. The normalized spacial score (nSPS) is 16.1. The minimum absolute atomic E-state index is 0.947. The number of hydrogen-bond donors (Lipinski definition) is 0. The Morgan fingerprint density at radius 2 is 1.81 bits per heavy atom. The first kappa shape index (κ1) is 9.46. The van der Waals surface area contributed by atoms with Gasteiger partial charge in [-0.3, -0.25) is 15.0 Å². The van der Waals surface area contributed by atoms with Gasteiger partial charge in [0.15, 0.2) is 0 Å². The van der Waals surface area contributed by atoms with Gasteiger partial charge in [0.05, 0.1) is 11.0 Å².